The number of nitrogens with two attached hydrogens (primary N) is 1. The van der Waals surface area contributed by atoms with Crippen molar-refractivity contribution >= 4 is 5.91 Å². The SMILES string of the molecule is NC(=O)c1cccc(CN(CC2(O)CCCC2)CC2(O)CCCC2)c1. The number of carbonyl (C=O) groups excluding carboxylic acids is 1. The maximum absolute atomic E-state index is 11.4. The molecule has 0 saturated heterocycles. The maximum atomic E-state index is 11.4. The van der Waals surface area contributed by atoms with Gasteiger partial charge in [-0.15, -0.1) is 0 Å². The van der Waals surface area contributed by atoms with Crippen LogP contribution in [0.1, 0.15) is 67.3 Å². The molecule has 0 aliphatic heterocycles. The second-order valence-corrected chi connectivity index (χ2v) is 8.07. The first-order chi connectivity index (χ1) is 11.9. The van der Waals surface area contributed by atoms with Crippen LogP contribution in [0.25, 0.3) is 0 Å². The third-order valence-corrected chi connectivity index (χ3v) is 5.72. The molecule has 4 N–H and O–H groups in total. The normalized spacial score (nSPS) is 21.7. The van der Waals surface area contributed by atoms with Crippen LogP contribution in [0.4, 0.5) is 0 Å². The van der Waals surface area contributed by atoms with Crippen LogP contribution < -0.4 is 5.73 Å². The van der Waals surface area contributed by atoms with E-state index in [4.69, 9.17) is 5.73 Å². The molecule has 25 heavy (non-hydrogen) atoms. The van der Waals surface area contributed by atoms with Gasteiger partial charge in [-0.05, 0) is 43.4 Å². The minimum absolute atomic E-state index is 0.433. The molecule has 2 aliphatic rings. The highest BCUT2D eigenvalue weighted by Crippen LogP contribution is 2.34. The van der Waals surface area contributed by atoms with Crippen LogP contribution in [0.5, 0.6) is 0 Å². The Labute approximate surface area is 149 Å². The zero-order chi connectivity index (χ0) is 17.9. The number of amides is 1. The fraction of sp³-hybridized carbons (Fsp3) is 0.650. The van der Waals surface area contributed by atoms with E-state index >= 15 is 0 Å². The minimum Gasteiger partial charge on any atom is -0.389 e. The van der Waals surface area contributed by atoms with Crippen LogP contribution in [0.2, 0.25) is 0 Å². The molecule has 3 rings (SSSR count). The Kier molecular flexibility index (Phi) is 5.46. The van der Waals surface area contributed by atoms with Crippen molar-refractivity contribution in [1.29, 1.82) is 0 Å². The molecule has 0 bridgehead atoms. The Morgan fingerprint density at radius 2 is 1.52 bits per heavy atom. The largest absolute Gasteiger partial charge is 0.389 e. The molecule has 1 aromatic rings. The number of carbonyl (C=O) groups is 1. The molecule has 2 fully saturated rings. The number of rotatable bonds is 7. The van der Waals surface area contributed by atoms with Gasteiger partial charge in [-0.25, -0.2) is 0 Å². The Morgan fingerprint density at radius 1 is 1.00 bits per heavy atom. The summed E-state index contributed by atoms with van der Waals surface area (Å²) in [5.74, 6) is -0.433. The first-order valence-electron chi connectivity index (χ1n) is 9.43. The van der Waals surface area contributed by atoms with Crippen molar-refractivity contribution in [2.24, 2.45) is 5.73 Å². The van der Waals surface area contributed by atoms with Crippen molar-refractivity contribution in [3.05, 3.63) is 35.4 Å². The van der Waals surface area contributed by atoms with Crippen molar-refractivity contribution in [2.45, 2.75) is 69.1 Å². The average molecular weight is 346 g/mol. The van der Waals surface area contributed by atoms with E-state index in [0.29, 0.717) is 25.2 Å². The quantitative estimate of drug-likeness (QED) is 0.706. The highest BCUT2D eigenvalue weighted by molar-refractivity contribution is 5.92. The summed E-state index contributed by atoms with van der Waals surface area (Å²) in [4.78, 5) is 13.6. The van der Waals surface area contributed by atoms with Crippen molar-refractivity contribution in [3.63, 3.8) is 0 Å². The zero-order valence-electron chi connectivity index (χ0n) is 14.9. The Bertz CT molecular complexity index is 581. The van der Waals surface area contributed by atoms with E-state index in [9.17, 15) is 15.0 Å². The topological polar surface area (TPSA) is 86.8 Å². The van der Waals surface area contributed by atoms with Crippen LogP contribution in [0, 0.1) is 0 Å². The maximum Gasteiger partial charge on any atom is 0.248 e. The van der Waals surface area contributed by atoms with Crippen molar-refractivity contribution in [1.82, 2.24) is 4.90 Å². The van der Waals surface area contributed by atoms with Crippen molar-refractivity contribution < 1.29 is 15.0 Å². The molecule has 1 aromatic carbocycles. The molecular formula is C20H30N2O3. The van der Waals surface area contributed by atoms with Gasteiger partial charge in [0.15, 0.2) is 0 Å². The number of primary amides is 1. The number of hydrogen-bond donors (Lipinski definition) is 3. The molecule has 0 heterocycles. The van der Waals surface area contributed by atoms with Crippen LogP contribution in [-0.2, 0) is 6.54 Å². The number of hydrogen-bond acceptors (Lipinski definition) is 4. The number of nitrogens with zero attached hydrogens (tertiary/aromatic N) is 1. The van der Waals surface area contributed by atoms with Gasteiger partial charge in [0.1, 0.15) is 0 Å². The molecule has 2 aliphatic carbocycles. The standard InChI is InChI=1S/C20H30N2O3/c21-18(23)17-7-5-6-16(12-17)13-22(14-19(24)8-1-2-9-19)15-20(25)10-3-4-11-20/h5-7,12,24-25H,1-4,8-11,13-15H2,(H2,21,23). The van der Waals surface area contributed by atoms with Gasteiger partial charge in [-0.2, -0.15) is 0 Å². The molecule has 0 aromatic heterocycles. The lowest BCUT2D eigenvalue weighted by Gasteiger charge is -2.36. The molecule has 5 nitrogen and oxygen atoms in total. The Morgan fingerprint density at radius 3 is 2.00 bits per heavy atom. The molecule has 5 heteroatoms. The molecule has 1 amide bonds. The van der Waals surface area contributed by atoms with E-state index in [2.05, 4.69) is 4.90 Å². The van der Waals surface area contributed by atoms with Gasteiger partial charge in [-0.3, -0.25) is 9.69 Å². The number of benzene rings is 1. The lowest BCUT2D eigenvalue weighted by molar-refractivity contribution is -0.0359. The van der Waals surface area contributed by atoms with Gasteiger partial charge in [0.2, 0.25) is 5.91 Å². The molecule has 0 radical (unpaired) electrons. The van der Waals surface area contributed by atoms with E-state index in [-0.39, 0.29) is 0 Å². The van der Waals surface area contributed by atoms with Crippen molar-refractivity contribution in [3.8, 4) is 0 Å². The second kappa shape index (κ2) is 7.44. The van der Waals surface area contributed by atoms with Gasteiger partial charge in [0, 0.05) is 25.2 Å². The Hall–Kier alpha value is -1.43. The predicted molar refractivity (Wildman–Crippen MR) is 97.1 cm³/mol. The second-order valence-electron chi connectivity index (χ2n) is 8.07. The summed E-state index contributed by atoms with van der Waals surface area (Å²) in [7, 11) is 0. The predicted octanol–water partition coefficient (Wildman–Crippen LogP) is 2.20. The third-order valence-electron chi connectivity index (χ3n) is 5.72. The summed E-state index contributed by atoms with van der Waals surface area (Å²) >= 11 is 0. The van der Waals surface area contributed by atoms with Crippen LogP contribution in [0.15, 0.2) is 24.3 Å². The van der Waals surface area contributed by atoms with Gasteiger partial charge in [0.05, 0.1) is 11.2 Å². The van der Waals surface area contributed by atoms with Crippen molar-refractivity contribution in [2.75, 3.05) is 13.1 Å². The lowest BCUT2D eigenvalue weighted by atomic mass is 9.97. The lowest BCUT2D eigenvalue weighted by Crippen LogP contribution is -2.47. The minimum atomic E-state index is -0.656. The highest BCUT2D eigenvalue weighted by atomic mass is 16.3. The van der Waals surface area contributed by atoms with Crippen LogP contribution in [-0.4, -0.2) is 45.3 Å². The summed E-state index contributed by atoms with van der Waals surface area (Å²) in [6.45, 7) is 1.73. The average Bonchev–Trinajstić information content (AvgIpc) is 3.16. The molecule has 0 unspecified atom stereocenters. The Balaban J connectivity index is 1.75. The van der Waals surface area contributed by atoms with Crippen LogP contribution >= 0.6 is 0 Å². The van der Waals surface area contributed by atoms with E-state index < -0.39 is 17.1 Å². The van der Waals surface area contributed by atoms with Gasteiger partial charge < -0.3 is 15.9 Å². The summed E-state index contributed by atoms with van der Waals surface area (Å²) in [5, 5.41) is 21.7. The molecule has 0 atom stereocenters. The summed E-state index contributed by atoms with van der Waals surface area (Å²) in [5.41, 5.74) is 5.56. The van der Waals surface area contributed by atoms with E-state index in [1.54, 1.807) is 6.07 Å². The molecular weight excluding hydrogens is 316 g/mol. The number of aliphatic hydroxyl groups is 2. The zero-order valence-corrected chi connectivity index (χ0v) is 14.9. The van der Waals surface area contributed by atoms with E-state index in [0.717, 1.165) is 56.9 Å². The molecule has 0 spiro atoms. The monoisotopic (exact) mass is 346 g/mol. The van der Waals surface area contributed by atoms with E-state index in [1.807, 2.05) is 18.2 Å². The van der Waals surface area contributed by atoms with Gasteiger partial charge in [0.25, 0.3) is 0 Å². The summed E-state index contributed by atoms with van der Waals surface area (Å²) in [6, 6.07) is 7.33. The summed E-state index contributed by atoms with van der Waals surface area (Å²) < 4.78 is 0. The highest BCUT2D eigenvalue weighted by Gasteiger charge is 2.37. The van der Waals surface area contributed by atoms with Gasteiger partial charge >= 0.3 is 0 Å². The fourth-order valence-electron chi connectivity index (χ4n) is 4.46. The molecule has 2 saturated carbocycles. The summed E-state index contributed by atoms with van der Waals surface area (Å²) in [6.07, 6.45) is 7.54. The fourth-order valence-corrected chi connectivity index (χ4v) is 4.46. The molecule has 138 valence electrons. The van der Waals surface area contributed by atoms with E-state index in [1.165, 1.54) is 0 Å². The van der Waals surface area contributed by atoms with Gasteiger partial charge in [-0.1, -0.05) is 37.8 Å². The smallest absolute Gasteiger partial charge is 0.248 e. The van der Waals surface area contributed by atoms with Crippen LogP contribution in [0.3, 0.4) is 0 Å². The first-order valence-corrected chi connectivity index (χ1v) is 9.43. The first kappa shape index (κ1) is 18.4. The third kappa shape index (κ3) is 4.81.